The molecule has 154 valence electrons. The van der Waals surface area contributed by atoms with Crippen molar-refractivity contribution in [3.8, 4) is 5.88 Å². The van der Waals surface area contributed by atoms with Gasteiger partial charge in [0.2, 0.25) is 15.9 Å². The van der Waals surface area contributed by atoms with Crippen LogP contribution in [0.5, 0.6) is 5.88 Å². The smallest absolute Gasteiger partial charge is 0.419 e. The molecule has 1 atom stereocenters. The Bertz CT molecular complexity index is 1210. The van der Waals surface area contributed by atoms with E-state index < -0.39 is 15.8 Å². The summed E-state index contributed by atoms with van der Waals surface area (Å²) in [5.41, 5.74) is 1.59. The van der Waals surface area contributed by atoms with Crippen LogP contribution in [0.1, 0.15) is 24.4 Å². The second-order valence-corrected chi connectivity index (χ2v) is 9.13. The van der Waals surface area contributed by atoms with Crippen molar-refractivity contribution in [2.24, 2.45) is 7.05 Å². The maximum atomic E-state index is 13.2. The van der Waals surface area contributed by atoms with Crippen molar-refractivity contribution >= 4 is 21.1 Å². The third-order valence-corrected chi connectivity index (χ3v) is 6.83. The summed E-state index contributed by atoms with van der Waals surface area (Å²) in [7, 11) is -2.20. The van der Waals surface area contributed by atoms with Crippen molar-refractivity contribution in [3.05, 3.63) is 46.3 Å². The minimum absolute atomic E-state index is 0.121. The van der Waals surface area contributed by atoms with Crippen molar-refractivity contribution in [1.29, 1.82) is 0 Å². The Balaban J connectivity index is 1.58. The maximum absolute atomic E-state index is 13.2. The molecular weight excluding hydrogens is 396 g/mol. The largest absolute Gasteiger partial charge is 0.473 e. The first-order valence-electron chi connectivity index (χ1n) is 9.33. The normalized spacial score (nSPS) is 18.2. The van der Waals surface area contributed by atoms with Crippen LogP contribution in [0.3, 0.4) is 0 Å². The van der Waals surface area contributed by atoms with Gasteiger partial charge in [0.15, 0.2) is 5.58 Å². The standard InChI is InChI=1S/C19H22N4O5S/c1-12-9-18(21-13(2)20-12)27-14-5-4-8-23(11-14)29(25,26)15-6-7-17-16(10-15)22(3)19(24)28-17/h6-7,9-10,14H,4-5,8,11H2,1-3H3. The van der Waals surface area contributed by atoms with E-state index >= 15 is 0 Å². The molecule has 29 heavy (non-hydrogen) atoms. The monoisotopic (exact) mass is 418 g/mol. The summed E-state index contributed by atoms with van der Waals surface area (Å²) in [5.74, 6) is 0.532. The molecule has 0 radical (unpaired) electrons. The zero-order valence-corrected chi connectivity index (χ0v) is 17.3. The van der Waals surface area contributed by atoms with Gasteiger partial charge in [-0.1, -0.05) is 0 Å². The molecular formula is C19H22N4O5S. The highest BCUT2D eigenvalue weighted by Gasteiger charge is 2.32. The van der Waals surface area contributed by atoms with Crippen LogP contribution < -0.4 is 10.5 Å². The molecule has 1 saturated heterocycles. The Labute approximate surface area is 168 Å². The second kappa shape index (κ2) is 7.27. The van der Waals surface area contributed by atoms with E-state index in [4.69, 9.17) is 9.15 Å². The minimum atomic E-state index is -3.74. The van der Waals surface area contributed by atoms with Gasteiger partial charge in [-0.25, -0.2) is 18.2 Å². The van der Waals surface area contributed by atoms with E-state index in [-0.39, 0.29) is 17.5 Å². The molecule has 0 amide bonds. The van der Waals surface area contributed by atoms with Crippen molar-refractivity contribution < 1.29 is 17.6 Å². The maximum Gasteiger partial charge on any atom is 0.419 e. The van der Waals surface area contributed by atoms with E-state index in [9.17, 15) is 13.2 Å². The van der Waals surface area contributed by atoms with E-state index in [0.717, 1.165) is 12.1 Å². The summed E-state index contributed by atoms with van der Waals surface area (Å²) in [6, 6.07) is 6.18. The molecule has 1 fully saturated rings. The van der Waals surface area contributed by atoms with Gasteiger partial charge >= 0.3 is 5.76 Å². The molecule has 1 aliphatic rings. The number of ether oxygens (including phenoxy) is 1. The molecule has 0 bridgehead atoms. The fraction of sp³-hybridized carbons (Fsp3) is 0.421. The molecule has 0 spiro atoms. The summed E-state index contributed by atoms with van der Waals surface area (Å²) in [6.07, 6.45) is 1.12. The van der Waals surface area contributed by atoms with Gasteiger partial charge in [0.25, 0.3) is 0 Å². The molecule has 0 aliphatic carbocycles. The summed E-state index contributed by atoms with van der Waals surface area (Å²) in [4.78, 5) is 20.3. The van der Waals surface area contributed by atoms with Crippen LogP contribution >= 0.6 is 0 Å². The average molecular weight is 418 g/mol. The Morgan fingerprint density at radius 2 is 2.00 bits per heavy atom. The number of sulfonamides is 1. The van der Waals surface area contributed by atoms with Crippen molar-refractivity contribution in [3.63, 3.8) is 0 Å². The number of hydrogen-bond donors (Lipinski definition) is 0. The molecule has 1 unspecified atom stereocenters. The van der Waals surface area contributed by atoms with Gasteiger partial charge in [0, 0.05) is 25.4 Å². The number of aromatic nitrogens is 3. The van der Waals surface area contributed by atoms with Crippen molar-refractivity contribution in [2.45, 2.75) is 37.7 Å². The van der Waals surface area contributed by atoms with E-state index in [1.807, 2.05) is 6.92 Å². The number of nitrogens with zero attached hydrogens (tertiary/aromatic N) is 4. The number of aryl methyl sites for hydroxylation is 3. The average Bonchev–Trinajstić information content (AvgIpc) is 2.95. The number of benzene rings is 1. The van der Waals surface area contributed by atoms with E-state index in [1.54, 1.807) is 20.0 Å². The fourth-order valence-corrected chi connectivity index (χ4v) is 5.08. The van der Waals surface area contributed by atoms with Gasteiger partial charge in [-0.05, 0) is 44.9 Å². The molecule has 2 aromatic heterocycles. The van der Waals surface area contributed by atoms with Crippen LogP contribution in [0.25, 0.3) is 11.1 Å². The molecule has 0 saturated carbocycles. The third-order valence-electron chi connectivity index (χ3n) is 4.97. The number of hydrogen-bond acceptors (Lipinski definition) is 7. The SMILES string of the molecule is Cc1cc(OC2CCCN(S(=O)(=O)c3ccc4oc(=O)n(C)c4c3)C2)nc(C)n1. The molecule has 9 nitrogen and oxygen atoms in total. The Morgan fingerprint density at radius 1 is 1.21 bits per heavy atom. The van der Waals surface area contributed by atoms with E-state index in [0.29, 0.717) is 35.8 Å². The minimum Gasteiger partial charge on any atom is -0.473 e. The van der Waals surface area contributed by atoms with Crippen LogP contribution in [0.4, 0.5) is 0 Å². The molecule has 3 aromatic rings. The summed E-state index contributed by atoms with van der Waals surface area (Å²) < 4.78 is 40.1. The number of piperidine rings is 1. The number of oxazole rings is 1. The van der Waals surface area contributed by atoms with Crippen LogP contribution in [0.2, 0.25) is 0 Å². The summed E-state index contributed by atoms with van der Waals surface area (Å²) >= 11 is 0. The van der Waals surface area contributed by atoms with Crippen LogP contribution in [0.15, 0.2) is 38.4 Å². The fourth-order valence-electron chi connectivity index (χ4n) is 3.55. The first kappa shape index (κ1) is 19.6. The Hall–Kier alpha value is -2.72. The highest BCUT2D eigenvalue weighted by molar-refractivity contribution is 7.89. The first-order chi connectivity index (χ1) is 13.7. The zero-order chi connectivity index (χ0) is 20.8. The lowest BCUT2D eigenvalue weighted by Gasteiger charge is -2.31. The third kappa shape index (κ3) is 3.77. The van der Waals surface area contributed by atoms with Gasteiger partial charge in [0.1, 0.15) is 11.9 Å². The Kier molecular flexibility index (Phi) is 4.91. The molecule has 1 aliphatic heterocycles. The number of fused-ring (bicyclic) bond motifs is 1. The topological polar surface area (TPSA) is 108 Å². The predicted octanol–water partition coefficient (Wildman–Crippen LogP) is 1.77. The van der Waals surface area contributed by atoms with E-state index in [1.165, 1.54) is 27.1 Å². The molecule has 10 heteroatoms. The lowest BCUT2D eigenvalue weighted by Crippen LogP contribution is -2.44. The lowest BCUT2D eigenvalue weighted by molar-refractivity contribution is 0.124. The van der Waals surface area contributed by atoms with Crippen molar-refractivity contribution in [1.82, 2.24) is 18.8 Å². The quantitative estimate of drug-likeness (QED) is 0.635. The first-order valence-corrected chi connectivity index (χ1v) is 10.8. The predicted molar refractivity (Wildman–Crippen MR) is 105 cm³/mol. The Morgan fingerprint density at radius 3 is 2.76 bits per heavy atom. The van der Waals surface area contributed by atoms with Crippen LogP contribution in [0, 0.1) is 13.8 Å². The summed E-state index contributed by atoms with van der Waals surface area (Å²) in [5, 5.41) is 0. The van der Waals surface area contributed by atoms with E-state index in [2.05, 4.69) is 9.97 Å². The zero-order valence-electron chi connectivity index (χ0n) is 16.5. The summed E-state index contributed by atoms with van der Waals surface area (Å²) in [6.45, 7) is 4.29. The molecule has 0 N–H and O–H groups in total. The van der Waals surface area contributed by atoms with Crippen molar-refractivity contribution in [2.75, 3.05) is 13.1 Å². The van der Waals surface area contributed by atoms with Gasteiger partial charge in [-0.3, -0.25) is 4.57 Å². The van der Waals surface area contributed by atoms with Crippen LogP contribution in [-0.4, -0.2) is 46.5 Å². The van der Waals surface area contributed by atoms with Gasteiger partial charge in [0.05, 0.1) is 17.0 Å². The highest BCUT2D eigenvalue weighted by Crippen LogP contribution is 2.25. The molecule has 1 aromatic carbocycles. The number of rotatable bonds is 4. The highest BCUT2D eigenvalue weighted by atomic mass is 32.2. The van der Waals surface area contributed by atoms with Gasteiger partial charge < -0.3 is 9.15 Å². The second-order valence-electron chi connectivity index (χ2n) is 7.20. The molecule has 4 rings (SSSR count). The van der Waals surface area contributed by atoms with Crippen LogP contribution in [-0.2, 0) is 17.1 Å². The molecule has 3 heterocycles. The van der Waals surface area contributed by atoms with Gasteiger partial charge in [-0.15, -0.1) is 0 Å². The lowest BCUT2D eigenvalue weighted by atomic mass is 10.1. The van der Waals surface area contributed by atoms with Gasteiger partial charge in [-0.2, -0.15) is 9.29 Å².